The van der Waals surface area contributed by atoms with Gasteiger partial charge in [0.05, 0.1) is 5.92 Å². The number of carboxylic acids is 1. The summed E-state index contributed by atoms with van der Waals surface area (Å²) in [6.45, 7) is 3.69. The number of aliphatic carboxylic acids is 1. The minimum atomic E-state index is -0.824. The Kier molecular flexibility index (Phi) is 2.80. The van der Waals surface area contributed by atoms with Gasteiger partial charge in [0.2, 0.25) is 0 Å². The van der Waals surface area contributed by atoms with Crippen LogP contribution in [0.25, 0.3) is 0 Å². The molecule has 0 aromatic heterocycles. The summed E-state index contributed by atoms with van der Waals surface area (Å²) in [5, 5.41) is 9.70. The lowest BCUT2D eigenvalue weighted by molar-refractivity contribution is -0.145. The SMILES string of the molecule is Cc1cc2c(cc1Cl)CC(C(=O)O)C(C)O2. The van der Waals surface area contributed by atoms with Crippen molar-refractivity contribution in [2.75, 3.05) is 0 Å². The summed E-state index contributed by atoms with van der Waals surface area (Å²) in [7, 11) is 0. The Morgan fingerprint density at radius 1 is 1.56 bits per heavy atom. The van der Waals surface area contributed by atoms with Crippen LogP contribution in [-0.2, 0) is 11.2 Å². The number of hydrogen-bond donors (Lipinski definition) is 1. The quantitative estimate of drug-likeness (QED) is 0.821. The number of halogens is 1. The first kappa shape index (κ1) is 11.3. The van der Waals surface area contributed by atoms with Gasteiger partial charge >= 0.3 is 5.97 Å². The molecule has 1 aromatic carbocycles. The van der Waals surface area contributed by atoms with E-state index in [1.165, 1.54) is 0 Å². The average molecular weight is 241 g/mol. The van der Waals surface area contributed by atoms with E-state index in [0.717, 1.165) is 16.9 Å². The van der Waals surface area contributed by atoms with Gasteiger partial charge < -0.3 is 9.84 Å². The highest BCUT2D eigenvalue weighted by atomic mass is 35.5. The van der Waals surface area contributed by atoms with Crippen LogP contribution in [0.1, 0.15) is 18.1 Å². The van der Waals surface area contributed by atoms with Gasteiger partial charge in [-0.15, -0.1) is 0 Å². The molecule has 2 unspecified atom stereocenters. The molecule has 0 amide bonds. The Bertz CT molecular complexity index is 442. The number of carboxylic acid groups (broad SMARTS) is 1. The van der Waals surface area contributed by atoms with Gasteiger partial charge in [0.15, 0.2) is 0 Å². The fourth-order valence-corrected chi connectivity index (χ4v) is 2.13. The third-order valence-electron chi connectivity index (χ3n) is 2.98. The Labute approximate surface area is 99.0 Å². The Morgan fingerprint density at radius 2 is 2.25 bits per heavy atom. The van der Waals surface area contributed by atoms with Gasteiger partial charge in [0.25, 0.3) is 0 Å². The number of fused-ring (bicyclic) bond motifs is 1. The molecule has 0 fully saturated rings. The lowest BCUT2D eigenvalue weighted by Crippen LogP contribution is -2.35. The van der Waals surface area contributed by atoms with Crippen molar-refractivity contribution in [3.05, 3.63) is 28.3 Å². The summed E-state index contributed by atoms with van der Waals surface area (Å²) in [5.41, 5.74) is 1.82. The van der Waals surface area contributed by atoms with E-state index in [4.69, 9.17) is 21.4 Å². The van der Waals surface area contributed by atoms with Crippen molar-refractivity contribution in [2.24, 2.45) is 5.92 Å². The molecule has 2 atom stereocenters. The molecular formula is C12H13ClO3. The zero-order chi connectivity index (χ0) is 11.9. The van der Waals surface area contributed by atoms with Crippen molar-refractivity contribution < 1.29 is 14.6 Å². The number of aryl methyl sites for hydroxylation is 1. The Morgan fingerprint density at radius 3 is 2.88 bits per heavy atom. The van der Waals surface area contributed by atoms with E-state index >= 15 is 0 Å². The molecule has 0 saturated carbocycles. The molecule has 4 heteroatoms. The highest BCUT2D eigenvalue weighted by Crippen LogP contribution is 2.34. The Balaban J connectivity index is 2.39. The zero-order valence-corrected chi connectivity index (χ0v) is 9.91. The molecule has 0 aliphatic carbocycles. The molecule has 1 aliphatic heterocycles. The number of carbonyl (C=O) groups is 1. The minimum absolute atomic E-state index is 0.300. The lowest BCUT2D eigenvalue weighted by atomic mass is 9.91. The monoisotopic (exact) mass is 240 g/mol. The maximum Gasteiger partial charge on any atom is 0.310 e. The van der Waals surface area contributed by atoms with Gasteiger partial charge in [0, 0.05) is 5.02 Å². The van der Waals surface area contributed by atoms with E-state index < -0.39 is 11.9 Å². The molecule has 1 aromatic rings. The van der Waals surface area contributed by atoms with Crippen LogP contribution in [0.2, 0.25) is 5.02 Å². The highest BCUT2D eigenvalue weighted by Gasteiger charge is 2.32. The zero-order valence-electron chi connectivity index (χ0n) is 9.16. The van der Waals surface area contributed by atoms with Crippen molar-refractivity contribution in [2.45, 2.75) is 26.4 Å². The lowest BCUT2D eigenvalue weighted by Gasteiger charge is -2.29. The minimum Gasteiger partial charge on any atom is -0.490 e. The molecule has 0 radical (unpaired) electrons. The standard InChI is InChI=1S/C12H13ClO3/c1-6-3-11-8(5-10(6)13)4-9(12(14)15)7(2)16-11/h3,5,7,9H,4H2,1-2H3,(H,14,15). The molecule has 2 rings (SSSR count). The van der Waals surface area contributed by atoms with Gasteiger partial charge in [-0.3, -0.25) is 4.79 Å². The van der Waals surface area contributed by atoms with Crippen molar-refractivity contribution in [1.82, 2.24) is 0 Å². The molecule has 0 saturated heterocycles. The van der Waals surface area contributed by atoms with Crippen molar-refractivity contribution in [1.29, 1.82) is 0 Å². The second-order valence-corrected chi connectivity index (χ2v) is 4.59. The first-order valence-electron chi connectivity index (χ1n) is 5.17. The summed E-state index contributed by atoms with van der Waals surface area (Å²) < 4.78 is 5.60. The maximum atomic E-state index is 11.0. The van der Waals surface area contributed by atoms with Crippen LogP contribution in [0.3, 0.4) is 0 Å². The smallest absolute Gasteiger partial charge is 0.310 e. The molecule has 3 nitrogen and oxygen atoms in total. The molecule has 0 bridgehead atoms. The molecule has 16 heavy (non-hydrogen) atoms. The second kappa shape index (κ2) is 3.98. The fourth-order valence-electron chi connectivity index (χ4n) is 1.94. The molecule has 1 heterocycles. The average Bonchev–Trinajstić information content (AvgIpc) is 2.19. The number of rotatable bonds is 1. The van der Waals surface area contributed by atoms with Gasteiger partial charge in [0.1, 0.15) is 11.9 Å². The second-order valence-electron chi connectivity index (χ2n) is 4.18. The fraction of sp³-hybridized carbons (Fsp3) is 0.417. The third-order valence-corrected chi connectivity index (χ3v) is 3.39. The van der Waals surface area contributed by atoms with Crippen molar-refractivity contribution in [3.63, 3.8) is 0 Å². The number of benzene rings is 1. The van der Waals surface area contributed by atoms with Gasteiger partial charge in [-0.25, -0.2) is 0 Å². The summed E-state index contributed by atoms with van der Waals surface area (Å²) >= 11 is 6.01. The van der Waals surface area contributed by atoms with Crippen LogP contribution in [0.4, 0.5) is 0 Å². The largest absolute Gasteiger partial charge is 0.490 e. The molecule has 0 spiro atoms. The molecule has 1 N–H and O–H groups in total. The van der Waals surface area contributed by atoms with Gasteiger partial charge in [-0.2, -0.15) is 0 Å². The summed E-state index contributed by atoms with van der Waals surface area (Å²) in [5.74, 6) is -0.562. The normalized spacial score (nSPS) is 23.4. The first-order chi connectivity index (χ1) is 7.49. The van der Waals surface area contributed by atoms with Crippen molar-refractivity contribution in [3.8, 4) is 5.75 Å². The topological polar surface area (TPSA) is 46.5 Å². The summed E-state index contributed by atoms with van der Waals surface area (Å²) in [6.07, 6.45) is 0.178. The first-order valence-corrected chi connectivity index (χ1v) is 5.55. The van der Waals surface area contributed by atoms with Crippen LogP contribution in [0.15, 0.2) is 12.1 Å². The van der Waals surface area contributed by atoms with Crippen LogP contribution >= 0.6 is 11.6 Å². The van der Waals surface area contributed by atoms with E-state index in [1.807, 2.05) is 13.0 Å². The molecule has 1 aliphatic rings. The van der Waals surface area contributed by atoms with E-state index in [2.05, 4.69) is 0 Å². The predicted molar refractivity (Wildman–Crippen MR) is 61.1 cm³/mol. The van der Waals surface area contributed by atoms with E-state index in [0.29, 0.717) is 11.4 Å². The molecular weight excluding hydrogens is 228 g/mol. The Hall–Kier alpha value is -1.22. The van der Waals surface area contributed by atoms with Crippen molar-refractivity contribution >= 4 is 17.6 Å². The van der Waals surface area contributed by atoms with Gasteiger partial charge in [-0.05, 0) is 43.5 Å². The summed E-state index contributed by atoms with van der Waals surface area (Å²) in [6, 6.07) is 3.67. The number of ether oxygens (including phenoxy) is 1. The van der Waals surface area contributed by atoms with Crippen LogP contribution in [-0.4, -0.2) is 17.2 Å². The van der Waals surface area contributed by atoms with Crippen LogP contribution in [0.5, 0.6) is 5.75 Å². The third kappa shape index (κ3) is 1.87. The van der Waals surface area contributed by atoms with Crippen LogP contribution in [0, 0.1) is 12.8 Å². The number of hydrogen-bond acceptors (Lipinski definition) is 2. The highest BCUT2D eigenvalue weighted by molar-refractivity contribution is 6.31. The maximum absolute atomic E-state index is 11.0. The predicted octanol–water partition coefficient (Wildman–Crippen LogP) is 2.67. The van der Waals surface area contributed by atoms with E-state index in [9.17, 15) is 4.79 Å². The summed E-state index contributed by atoms with van der Waals surface area (Å²) in [4.78, 5) is 11.0. The molecule has 86 valence electrons. The van der Waals surface area contributed by atoms with Gasteiger partial charge in [-0.1, -0.05) is 11.6 Å². The van der Waals surface area contributed by atoms with Crippen LogP contribution < -0.4 is 4.74 Å². The van der Waals surface area contributed by atoms with E-state index in [-0.39, 0.29) is 6.10 Å². The van der Waals surface area contributed by atoms with E-state index in [1.54, 1.807) is 13.0 Å².